The molecule has 0 radical (unpaired) electrons. The van der Waals surface area contributed by atoms with Gasteiger partial charge in [-0.1, -0.05) is 13.8 Å². The highest BCUT2D eigenvalue weighted by atomic mass is 16.5. The maximum atomic E-state index is 12.3. The molecule has 0 aromatic carbocycles. The number of ether oxygens (including phenoxy) is 2. The summed E-state index contributed by atoms with van der Waals surface area (Å²) in [6.45, 7) is 11.7. The number of nitrogens with one attached hydrogen (secondary N) is 1. The molecule has 2 rings (SSSR count). The number of nitrogens with zero attached hydrogens (tertiary/aromatic N) is 1. The number of hydrogen-bond donors (Lipinski definition) is 1. The van der Waals surface area contributed by atoms with Crippen LogP contribution in [0, 0.1) is 11.8 Å². The van der Waals surface area contributed by atoms with E-state index in [9.17, 15) is 4.79 Å². The highest BCUT2D eigenvalue weighted by Crippen LogP contribution is 2.18. The number of rotatable bonds is 8. The van der Waals surface area contributed by atoms with E-state index in [2.05, 4.69) is 31.0 Å². The predicted molar refractivity (Wildman–Crippen MR) is 91.4 cm³/mol. The van der Waals surface area contributed by atoms with E-state index in [0.717, 1.165) is 58.7 Å². The van der Waals surface area contributed by atoms with Gasteiger partial charge in [0.2, 0.25) is 5.91 Å². The van der Waals surface area contributed by atoms with E-state index in [1.165, 1.54) is 6.42 Å². The van der Waals surface area contributed by atoms with Gasteiger partial charge < -0.3 is 19.7 Å². The van der Waals surface area contributed by atoms with Crippen LogP contribution >= 0.6 is 0 Å². The van der Waals surface area contributed by atoms with E-state index < -0.39 is 0 Å². The highest BCUT2D eigenvalue weighted by Gasteiger charge is 2.26. The zero-order chi connectivity index (χ0) is 16.7. The Kier molecular flexibility index (Phi) is 7.80. The monoisotopic (exact) mass is 326 g/mol. The Morgan fingerprint density at radius 1 is 1.26 bits per heavy atom. The zero-order valence-corrected chi connectivity index (χ0v) is 15.1. The first-order valence-electron chi connectivity index (χ1n) is 9.28. The standard InChI is InChI=1S/C18H34N2O3/c1-14(2)15(3)19-18(21)16-6-8-20(9-7-16)10-12-22-13-17-5-4-11-23-17/h14-17H,4-13H2,1-3H3,(H,19,21)/t15-,17-/m1/s1. The average Bonchev–Trinajstić information content (AvgIpc) is 3.05. The van der Waals surface area contributed by atoms with Crippen LogP contribution in [0.2, 0.25) is 0 Å². The molecule has 0 aliphatic carbocycles. The molecule has 5 heteroatoms. The molecule has 0 aromatic heterocycles. The number of piperidine rings is 1. The summed E-state index contributed by atoms with van der Waals surface area (Å²) >= 11 is 0. The lowest BCUT2D eigenvalue weighted by molar-refractivity contribution is -0.127. The third-order valence-electron chi connectivity index (χ3n) is 5.21. The molecule has 2 aliphatic heterocycles. The Hall–Kier alpha value is -0.650. The minimum atomic E-state index is 0.181. The van der Waals surface area contributed by atoms with Crippen molar-refractivity contribution in [2.75, 3.05) is 39.5 Å². The van der Waals surface area contributed by atoms with Crippen molar-refractivity contribution in [3.8, 4) is 0 Å². The van der Waals surface area contributed by atoms with Gasteiger partial charge in [-0.3, -0.25) is 4.79 Å². The summed E-state index contributed by atoms with van der Waals surface area (Å²) < 4.78 is 11.3. The first kappa shape index (κ1) is 18.7. The molecule has 2 fully saturated rings. The Morgan fingerprint density at radius 2 is 2.00 bits per heavy atom. The molecule has 0 unspecified atom stereocenters. The van der Waals surface area contributed by atoms with E-state index >= 15 is 0 Å². The van der Waals surface area contributed by atoms with E-state index in [1.54, 1.807) is 0 Å². The Labute approximate surface area is 141 Å². The number of carbonyl (C=O) groups is 1. The molecule has 0 saturated carbocycles. The molecular formula is C18H34N2O3. The van der Waals surface area contributed by atoms with Crippen molar-refractivity contribution in [1.82, 2.24) is 10.2 Å². The first-order valence-corrected chi connectivity index (χ1v) is 9.28. The number of hydrogen-bond acceptors (Lipinski definition) is 4. The number of carbonyl (C=O) groups excluding carboxylic acids is 1. The molecule has 2 atom stereocenters. The van der Waals surface area contributed by atoms with Crippen molar-refractivity contribution < 1.29 is 14.3 Å². The lowest BCUT2D eigenvalue weighted by atomic mass is 9.95. The van der Waals surface area contributed by atoms with Gasteiger partial charge >= 0.3 is 0 Å². The van der Waals surface area contributed by atoms with Gasteiger partial charge in [0, 0.05) is 25.1 Å². The molecule has 1 amide bonds. The predicted octanol–water partition coefficient (Wildman–Crippen LogP) is 2.05. The lowest BCUT2D eigenvalue weighted by Crippen LogP contribution is -2.45. The topological polar surface area (TPSA) is 50.8 Å². The van der Waals surface area contributed by atoms with Gasteiger partial charge in [-0.2, -0.15) is 0 Å². The summed E-state index contributed by atoms with van der Waals surface area (Å²) in [7, 11) is 0. The van der Waals surface area contributed by atoms with Crippen molar-refractivity contribution in [3.63, 3.8) is 0 Å². The van der Waals surface area contributed by atoms with E-state index in [-0.39, 0.29) is 17.9 Å². The molecule has 1 N–H and O–H groups in total. The molecule has 2 heterocycles. The van der Waals surface area contributed by atoms with Gasteiger partial charge in [0.25, 0.3) is 0 Å². The minimum absolute atomic E-state index is 0.181. The second-order valence-corrected chi connectivity index (χ2v) is 7.37. The first-order chi connectivity index (χ1) is 11.1. The van der Waals surface area contributed by atoms with Crippen molar-refractivity contribution in [3.05, 3.63) is 0 Å². The van der Waals surface area contributed by atoms with E-state index in [4.69, 9.17) is 9.47 Å². The van der Waals surface area contributed by atoms with Crippen LogP contribution in [0.1, 0.15) is 46.5 Å². The normalized spacial score (nSPS) is 25.0. The molecule has 134 valence electrons. The maximum Gasteiger partial charge on any atom is 0.223 e. The van der Waals surface area contributed by atoms with Crippen LogP contribution in [0.5, 0.6) is 0 Å². The fourth-order valence-electron chi connectivity index (χ4n) is 3.11. The maximum absolute atomic E-state index is 12.3. The van der Waals surface area contributed by atoms with Crippen LogP contribution in [-0.4, -0.2) is 62.4 Å². The van der Waals surface area contributed by atoms with Crippen molar-refractivity contribution in [2.24, 2.45) is 11.8 Å². The minimum Gasteiger partial charge on any atom is -0.377 e. The van der Waals surface area contributed by atoms with Crippen LogP contribution in [0.15, 0.2) is 0 Å². The summed E-state index contributed by atoms with van der Waals surface area (Å²) in [5.74, 6) is 0.903. The van der Waals surface area contributed by atoms with Gasteiger partial charge in [-0.15, -0.1) is 0 Å². The Morgan fingerprint density at radius 3 is 2.61 bits per heavy atom. The Bertz CT molecular complexity index is 348. The molecule has 0 spiro atoms. The fraction of sp³-hybridized carbons (Fsp3) is 0.944. The molecule has 0 bridgehead atoms. The zero-order valence-electron chi connectivity index (χ0n) is 15.1. The van der Waals surface area contributed by atoms with Crippen LogP contribution in [0.25, 0.3) is 0 Å². The third kappa shape index (κ3) is 6.40. The van der Waals surface area contributed by atoms with Gasteiger partial charge in [0.1, 0.15) is 0 Å². The van der Waals surface area contributed by atoms with Crippen molar-refractivity contribution in [1.29, 1.82) is 0 Å². The number of likely N-dealkylation sites (tertiary alicyclic amines) is 1. The van der Waals surface area contributed by atoms with Gasteiger partial charge in [-0.05, 0) is 51.6 Å². The fourth-order valence-corrected chi connectivity index (χ4v) is 3.11. The van der Waals surface area contributed by atoms with E-state index in [0.29, 0.717) is 12.0 Å². The smallest absolute Gasteiger partial charge is 0.223 e. The average molecular weight is 326 g/mol. The van der Waals surface area contributed by atoms with Gasteiger partial charge in [-0.25, -0.2) is 0 Å². The molecule has 5 nitrogen and oxygen atoms in total. The molecule has 2 aliphatic rings. The molecular weight excluding hydrogens is 292 g/mol. The third-order valence-corrected chi connectivity index (χ3v) is 5.21. The quantitative estimate of drug-likeness (QED) is 0.694. The molecule has 2 saturated heterocycles. The molecule has 0 aromatic rings. The summed E-state index contributed by atoms with van der Waals surface area (Å²) in [5.41, 5.74) is 0. The summed E-state index contributed by atoms with van der Waals surface area (Å²) in [5, 5.41) is 3.15. The summed E-state index contributed by atoms with van der Waals surface area (Å²) in [6.07, 6.45) is 4.53. The highest BCUT2D eigenvalue weighted by molar-refractivity contribution is 5.79. The van der Waals surface area contributed by atoms with Crippen molar-refractivity contribution in [2.45, 2.75) is 58.6 Å². The molecule has 23 heavy (non-hydrogen) atoms. The van der Waals surface area contributed by atoms with Crippen LogP contribution in [0.4, 0.5) is 0 Å². The summed E-state index contributed by atoms with van der Waals surface area (Å²) in [4.78, 5) is 14.7. The largest absolute Gasteiger partial charge is 0.377 e. The SMILES string of the molecule is CC(C)[C@@H](C)NC(=O)C1CCN(CCOC[C@H]2CCCO2)CC1. The summed E-state index contributed by atoms with van der Waals surface area (Å²) in [6, 6.07) is 0.256. The number of amides is 1. The van der Waals surface area contributed by atoms with Crippen molar-refractivity contribution >= 4 is 5.91 Å². The van der Waals surface area contributed by atoms with Gasteiger partial charge in [0.15, 0.2) is 0 Å². The lowest BCUT2D eigenvalue weighted by Gasteiger charge is -2.32. The van der Waals surface area contributed by atoms with Gasteiger partial charge in [0.05, 0.1) is 19.3 Å². The van der Waals surface area contributed by atoms with Crippen LogP contribution < -0.4 is 5.32 Å². The second-order valence-electron chi connectivity index (χ2n) is 7.37. The van der Waals surface area contributed by atoms with E-state index in [1.807, 2.05) is 0 Å². The Balaban J connectivity index is 1.55. The van der Waals surface area contributed by atoms with Crippen LogP contribution in [0.3, 0.4) is 0 Å². The second kappa shape index (κ2) is 9.60. The van der Waals surface area contributed by atoms with Crippen LogP contribution in [-0.2, 0) is 14.3 Å².